The van der Waals surface area contributed by atoms with Gasteiger partial charge in [-0.25, -0.2) is 4.98 Å². The van der Waals surface area contributed by atoms with Crippen LogP contribution in [0.15, 0.2) is 217 Å². The fourth-order valence-corrected chi connectivity index (χ4v) is 10.2. The summed E-state index contributed by atoms with van der Waals surface area (Å²) in [6, 6.07) is 75.0. The molecule has 14 rings (SSSR count). The van der Waals surface area contributed by atoms with Crippen LogP contribution in [0.3, 0.4) is 0 Å². The first-order valence-corrected chi connectivity index (χ1v) is 21.9. The second-order valence-corrected chi connectivity index (χ2v) is 16.8. The van der Waals surface area contributed by atoms with E-state index < -0.39 is 0 Å². The van der Waals surface area contributed by atoms with Gasteiger partial charge in [0.1, 0.15) is 11.2 Å². The Kier molecular flexibility index (Phi) is 7.59. The van der Waals surface area contributed by atoms with E-state index in [1.165, 1.54) is 21.5 Å². The molecular formula is C59H35N5O. The first-order valence-electron chi connectivity index (χ1n) is 21.9. The molecule has 0 saturated carbocycles. The molecule has 14 aromatic rings. The first-order chi connectivity index (χ1) is 32.2. The minimum Gasteiger partial charge on any atom is -0.455 e. The van der Waals surface area contributed by atoms with Gasteiger partial charge in [0.25, 0.3) is 0 Å². The molecule has 6 heteroatoms. The molecule has 4 heterocycles. The molecule has 65 heavy (non-hydrogen) atoms. The van der Waals surface area contributed by atoms with Crippen LogP contribution in [-0.2, 0) is 0 Å². The molecule has 0 saturated heterocycles. The lowest BCUT2D eigenvalue weighted by atomic mass is 10.0. The molecule has 6 nitrogen and oxygen atoms in total. The Morgan fingerprint density at radius 1 is 0.338 bits per heavy atom. The van der Waals surface area contributed by atoms with E-state index in [2.05, 4.69) is 215 Å². The van der Waals surface area contributed by atoms with Crippen LogP contribution in [-0.4, -0.2) is 24.1 Å². The van der Waals surface area contributed by atoms with Crippen molar-refractivity contribution in [3.05, 3.63) is 212 Å². The number of para-hydroxylation sites is 4. The second-order valence-electron chi connectivity index (χ2n) is 16.8. The van der Waals surface area contributed by atoms with Crippen LogP contribution >= 0.6 is 0 Å². The molecule has 302 valence electrons. The zero-order valence-electron chi connectivity index (χ0n) is 34.9. The van der Waals surface area contributed by atoms with Crippen LogP contribution < -0.4 is 0 Å². The van der Waals surface area contributed by atoms with Crippen molar-refractivity contribution in [3.63, 3.8) is 0 Å². The van der Waals surface area contributed by atoms with Gasteiger partial charge in [0.05, 0.1) is 33.3 Å². The van der Waals surface area contributed by atoms with Crippen LogP contribution in [0.4, 0.5) is 0 Å². The topological polar surface area (TPSA) is 61.7 Å². The van der Waals surface area contributed by atoms with Gasteiger partial charge in [-0.15, -0.1) is 0 Å². The smallest absolute Gasteiger partial charge is 0.238 e. The molecule has 0 aliphatic heterocycles. The van der Waals surface area contributed by atoms with Gasteiger partial charge < -0.3 is 8.98 Å². The van der Waals surface area contributed by atoms with Gasteiger partial charge in [0, 0.05) is 49.3 Å². The summed E-state index contributed by atoms with van der Waals surface area (Å²) >= 11 is 0. The van der Waals surface area contributed by atoms with Crippen molar-refractivity contribution in [2.24, 2.45) is 0 Å². The Bertz CT molecular complexity index is 4180. The molecule has 0 bridgehead atoms. The van der Waals surface area contributed by atoms with Gasteiger partial charge in [0.15, 0.2) is 11.6 Å². The molecule has 0 aliphatic carbocycles. The van der Waals surface area contributed by atoms with Crippen molar-refractivity contribution in [2.45, 2.75) is 0 Å². The third-order valence-electron chi connectivity index (χ3n) is 13.2. The fourth-order valence-electron chi connectivity index (χ4n) is 10.2. The van der Waals surface area contributed by atoms with Crippen LogP contribution in [0.1, 0.15) is 0 Å². The predicted molar refractivity (Wildman–Crippen MR) is 267 cm³/mol. The highest BCUT2D eigenvalue weighted by Gasteiger charge is 2.23. The molecule has 4 aromatic heterocycles. The van der Waals surface area contributed by atoms with Gasteiger partial charge in [-0.05, 0) is 63.7 Å². The quantitative estimate of drug-likeness (QED) is 0.173. The predicted octanol–water partition coefficient (Wildman–Crippen LogP) is 15.3. The Morgan fingerprint density at radius 3 is 1.60 bits per heavy atom. The third kappa shape index (κ3) is 5.38. The average molecular weight is 830 g/mol. The minimum atomic E-state index is 0.530. The lowest BCUT2D eigenvalue weighted by Crippen LogP contribution is -2.06. The summed E-state index contributed by atoms with van der Waals surface area (Å²) in [7, 11) is 0. The summed E-state index contributed by atoms with van der Waals surface area (Å²) < 4.78 is 11.7. The number of furan rings is 1. The van der Waals surface area contributed by atoms with E-state index in [0.29, 0.717) is 17.6 Å². The molecule has 0 N–H and O–H groups in total. The van der Waals surface area contributed by atoms with E-state index in [1.807, 2.05) is 6.07 Å². The van der Waals surface area contributed by atoms with Crippen molar-refractivity contribution >= 4 is 87.1 Å². The summed E-state index contributed by atoms with van der Waals surface area (Å²) in [5.74, 6) is 1.64. The Morgan fingerprint density at radius 2 is 0.877 bits per heavy atom. The van der Waals surface area contributed by atoms with Crippen molar-refractivity contribution in [2.75, 3.05) is 0 Å². The molecule has 0 amide bonds. The number of nitrogens with zero attached hydrogens (tertiary/aromatic N) is 5. The molecular weight excluding hydrogens is 795 g/mol. The number of hydrogen-bond acceptors (Lipinski definition) is 4. The number of hydrogen-bond donors (Lipinski definition) is 0. The highest BCUT2D eigenvalue weighted by molar-refractivity contribution is 6.23. The standard InChI is InChI=1S/C59H35N5O/c1-2-15-36(16-3-1)37-29-31-38(32-30-37)57-60-58(62-59(61-57)64-50-27-12-8-19-41(50)42-20-9-13-28-51(42)64)47-25-14-24-46-55-45-23-7-6-21-43(45)53(35-54(55)65-56(46)47)63-49-26-11-10-22-44(49)48-33-39-17-4-5-18-40(39)34-52(48)63/h1-35H. The highest BCUT2D eigenvalue weighted by atomic mass is 16.3. The van der Waals surface area contributed by atoms with Gasteiger partial charge in [-0.1, -0.05) is 170 Å². The Balaban J connectivity index is 1.02. The van der Waals surface area contributed by atoms with Crippen LogP contribution in [0, 0.1) is 0 Å². The van der Waals surface area contributed by atoms with Crippen LogP contribution in [0.25, 0.3) is 133 Å². The second kappa shape index (κ2) is 13.8. The zero-order chi connectivity index (χ0) is 42.6. The number of aromatic nitrogens is 5. The maximum Gasteiger partial charge on any atom is 0.238 e. The lowest BCUT2D eigenvalue weighted by molar-refractivity contribution is 0.669. The van der Waals surface area contributed by atoms with E-state index in [-0.39, 0.29) is 0 Å². The first kappa shape index (κ1) is 35.7. The molecule has 0 fully saturated rings. The normalized spacial score (nSPS) is 12.0. The minimum absolute atomic E-state index is 0.530. The third-order valence-corrected chi connectivity index (χ3v) is 13.2. The summed E-state index contributed by atoms with van der Waals surface area (Å²) in [6.45, 7) is 0. The number of rotatable bonds is 5. The largest absolute Gasteiger partial charge is 0.455 e. The van der Waals surface area contributed by atoms with E-state index in [1.54, 1.807) is 0 Å². The molecule has 0 spiro atoms. The molecule has 0 aliphatic rings. The Hall–Kier alpha value is -8.87. The van der Waals surface area contributed by atoms with Crippen molar-refractivity contribution in [1.82, 2.24) is 24.1 Å². The lowest BCUT2D eigenvalue weighted by Gasteiger charge is -2.13. The maximum atomic E-state index is 7.14. The van der Waals surface area contributed by atoms with E-state index >= 15 is 0 Å². The summed E-state index contributed by atoms with van der Waals surface area (Å²) in [4.78, 5) is 15.9. The van der Waals surface area contributed by atoms with Gasteiger partial charge in [-0.3, -0.25) is 4.57 Å². The van der Waals surface area contributed by atoms with Gasteiger partial charge >= 0.3 is 0 Å². The average Bonchev–Trinajstić information content (AvgIpc) is 4.03. The molecule has 0 radical (unpaired) electrons. The molecule has 0 unspecified atom stereocenters. The SMILES string of the molecule is c1ccc(-c2ccc(-c3nc(-c4cccc5c4oc4cc(-n6c7ccccc7c7cc8ccccc8cc76)c6ccccc6c45)nc(-n4c5ccccc5c5ccccc54)n3)cc2)cc1. The fraction of sp³-hybridized carbons (Fsp3) is 0. The summed E-state index contributed by atoms with van der Waals surface area (Å²) in [6.07, 6.45) is 0. The van der Waals surface area contributed by atoms with Gasteiger partial charge in [-0.2, -0.15) is 9.97 Å². The summed E-state index contributed by atoms with van der Waals surface area (Å²) in [5.41, 5.74) is 10.9. The van der Waals surface area contributed by atoms with Gasteiger partial charge in [0.2, 0.25) is 5.95 Å². The van der Waals surface area contributed by atoms with E-state index in [9.17, 15) is 0 Å². The molecule has 0 atom stereocenters. The number of fused-ring (bicyclic) bond motifs is 12. The molecule has 10 aromatic carbocycles. The van der Waals surface area contributed by atoms with E-state index in [0.717, 1.165) is 93.5 Å². The van der Waals surface area contributed by atoms with Crippen molar-refractivity contribution in [1.29, 1.82) is 0 Å². The maximum absolute atomic E-state index is 7.14. The monoisotopic (exact) mass is 829 g/mol. The van der Waals surface area contributed by atoms with Crippen LogP contribution in [0.5, 0.6) is 0 Å². The zero-order valence-corrected chi connectivity index (χ0v) is 34.9. The Labute approximate surface area is 371 Å². The van der Waals surface area contributed by atoms with E-state index in [4.69, 9.17) is 19.4 Å². The highest BCUT2D eigenvalue weighted by Crippen LogP contribution is 2.44. The summed E-state index contributed by atoms with van der Waals surface area (Å²) in [5, 5.41) is 11.4. The van der Waals surface area contributed by atoms with Crippen LogP contribution in [0.2, 0.25) is 0 Å². The number of benzene rings is 10. The van der Waals surface area contributed by atoms with Crippen molar-refractivity contribution in [3.8, 4) is 45.5 Å². The van der Waals surface area contributed by atoms with Crippen molar-refractivity contribution < 1.29 is 4.42 Å².